The minimum atomic E-state index is -0.797. The summed E-state index contributed by atoms with van der Waals surface area (Å²) < 4.78 is 19.5. The number of halogens is 1. The summed E-state index contributed by atoms with van der Waals surface area (Å²) in [5, 5.41) is 20.1. The molecule has 0 aliphatic carbocycles. The number of hydrogen-bond acceptors (Lipinski definition) is 3. The average Bonchev–Trinajstić information content (AvgIpc) is 2.53. The molecule has 124 valence electrons. The van der Waals surface area contributed by atoms with Gasteiger partial charge in [-0.1, -0.05) is 39.0 Å². The minimum absolute atomic E-state index is 0.134. The van der Waals surface area contributed by atoms with Crippen molar-refractivity contribution in [3.63, 3.8) is 0 Å². The standard InChI is InChI=1S/C19H23FO3/c1-19(2,3)18(22)16-9-12(11-21)5-7-14(16)15-10-13(23-4)6-8-17(15)20/h5-10,18,21-22H,11H2,1-4H3/t18-/m1/s1. The van der Waals surface area contributed by atoms with E-state index in [9.17, 15) is 14.6 Å². The van der Waals surface area contributed by atoms with Crippen LogP contribution in [0.15, 0.2) is 36.4 Å². The Bertz CT molecular complexity index is 689. The predicted octanol–water partition coefficient (Wildman–Crippen LogP) is 4.07. The van der Waals surface area contributed by atoms with Crippen LogP contribution in [-0.4, -0.2) is 17.3 Å². The van der Waals surface area contributed by atoms with E-state index in [0.717, 1.165) is 0 Å². The lowest BCUT2D eigenvalue weighted by Crippen LogP contribution is -2.19. The van der Waals surface area contributed by atoms with Crippen LogP contribution in [0.5, 0.6) is 5.75 Å². The molecule has 0 saturated heterocycles. The van der Waals surface area contributed by atoms with Crippen molar-refractivity contribution in [2.45, 2.75) is 33.5 Å². The topological polar surface area (TPSA) is 49.7 Å². The maximum atomic E-state index is 14.3. The molecule has 0 heterocycles. The Morgan fingerprint density at radius 1 is 1.09 bits per heavy atom. The summed E-state index contributed by atoms with van der Waals surface area (Å²) >= 11 is 0. The molecule has 4 heteroatoms. The summed E-state index contributed by atoms with van der Waals surface area (Å²) in [7, 11) is 1.52. The Labute approximate surface area is 136 Å². The molecule has 0 bridgehead atoms. The summed E-state index contributed by atoms with van der Waals surface area (Å²) in [6, 6.07) is 9.70. The number of aliphatic hydroxyl groups is 2. The van der Waals surface area contributed by atoms with Crippen molar-refractivity contribution in [1.82, 2.24) is 0 Å². The first-order valence-electron chi connectivity index (χ1n) is 7.53. The molecule has 0 saturated carbocycles. The van der Waals surface area contributed by atoms with E-state index in [0.29, 0.717) is 28.0 Å². The minimum Gasteiger partial charge on any atom is -0.497 e. The molecule has 0 amide bonds. The van der Waals surface area contributed by atoms with Crippen LogP contribution in [0.1, 0.15) is 38.0 Å². The molecular formula is C19H23FO3. The van der Waals surface area contributed by atoms with Crippen LogP contribution in [0.2, 0.25) is 0 Å². The van der Waals surface area contributed by atoms with Gasteiger partial charge in [-0.15, -0.1) is 0 Å². The van der Waals surface area contributed by atoms with Crippen molar-refractivity contribution >= 4 is 0 Å². The first kappa shape index (κ1) is 17.4. The van der Waals surface area contributed by atoms with Crippen LogP contribution in [0.3, 0.4) is 0 Å². The molecule has 0 unspecified atom stereocenters. The van der Waals surface area contributed by atoms with E-state index in [2.05, 4.69) is 0 Å². The van der Waals surface area contributed by atoms with Gasteiger partial charge in [0.1, 0.15) is 11.6 Å². The van der Waals surface area contributed by atoms with Crippen LogP contribution in [0, 0.1) is 11.2 Å². The number of hydrogen-bond donors (Lipinski definition) is 2. The molecule has 0 radical (unpaired) electrons. The van der Waals surface area contributed by atoms with Crippen LogP contribution in [0.4, 0.5) is 4.39 Å². The summed E-state index contributed by atoms with van der Waals surface area (Å²) in [4.78, 5) is 0. The van der Waals surface area contributed by atoms with Gasteiger partial charge in [0.15, 0.2) is 0 Å². The van der Waals surface area contributed by atoms with E-state index >= 15 is 0 Å². The fraction of sp³-hybridized carbons (Fsp3) is 0.368. The molecule has 2 aromatic carbocycles. The number of benzene rings is 2. The van der Waals surface area contributed by atoms with Gasteiger partial charge in [0.25, 0.3) is 0 Å². The molecule has 0 aliphatic heterocycles. The lowest BCUT2D eigenvalue weighted by Gasteiger charge is -2.28. The molecule has 0 spiro atoms. The fourth-order valence-electron chi connectivity index (χ4n) is 2.49. The lowest BCUT2D eigenvalue weighted by atomic mass is 9.81. The molecule has 0 aliphatic rings. The second-order valence-corrected chi connectivity index (χ2v) is 6.69. The van der Waals surface area contributed by atoms with Crippen LogP contribution >= 0.6 is 0 Å². The van der Waals surface area contributed by atoms with Crippen LogP contribution < -0.4 is 4.74 Å². The van der Waals surface area contributed by atoms with Crippen LogP contribution in [-0.2, 0) is 6.61 Å². The van der Waals surface area contributed by atoms with Gasteiger partial charge in [0, 0.05) is 5.56 Å². The highest BCUT2D eigenvalue weighted by Crippen LogP contribution is 2.40. The molecule has 1 atom stereocenters. The van der Waals surface area contributed by atoms with Crippen molar-refractivity contribution < 1.29 is 19.3 Å². The maximum Gasteiger partial charge on any atom is 0.131 e. The van der Waals surface area contributed by atoms with Gasteiger partial charge in [-0.2, -0.15) is 0 Å². The summed E-state index contributed by atoms with van der Waals surface area (Å²) in [6.07, 6.45) is -0.797. The zero-order valence-electron chi connectivity index (χ0n) is 13.9. The van der Waals surface area contributed by atoms with E-state index in [-0.39, 0.29) is 12.4 Å². The second kappa shape index (κ2) is 6.69. The number of ether oxygens (including phenoxy) is 1. The van der Waals surface area contributed by atoms with Gasteiger partial charge < -0.3 is 14.9 Å². The van der Waals surface area contributed by atoms with E-state index in [1.807, 2.05) is 20.8 Å². The number of methoxy groups -OCH3 is 1. The molecule has 0 fully saturated rings. The van der Waals surface area contributed by atoms with Crippen molar-refractivity contribution in [2.24, 2.45) is 5.41 Å². The highest BCUT2D eigenvalue weighted by molar-refractivity contribution is 5.70. The van der Waals surface area contributed by atoms with Gasteiger partial charge in [-0.05, 0) is 40.3 Å². The van der Waals surface area contributed by atoms with Crippen molar-refractivity contribution in [2.75, 3.05) is 7.11 Å². The largest absolute Gasteiger partial charge is 0.497 e. The van der Waals surface area contributed by atoms with Crippen molar-refractivity contribution in [3.8, 4) is 16.9 Å². The third-order valence-corrected chi connectivity index (χ3v) is 3.88. The monoisotopic (exact) mass is 318 g/mol. The smallest absolute Gasteiger partial charge is 0.131 e. The van der Waals surface area contributed by atoms with Gasteiger partial charge >= 0.3 is 0 Å². The van der Waals surface area contributed by atoms with Gasteiger partial charge in [0.05, 0.1) is 19.8 Å². The third kappa shape index (κ3) is 3.71. The Balaban J connectivity index is 2.67. The second-order valence-electron chi connectivity index (χ2n) is 6.69. The van der Waals surface area contributed by atoms with E-state index < -0.39 is 11.5 Å². The Kier molecular flexibility index (Phi) is 5.07. The van der Waals surface area contributed by atoms with E-state index in [1.54, 1.807) is 30.3 Å². The first-order chi connectivity index (χ1) is 10.8. The normalized spacial score (nSPS) is 13.0. The molecule has 2 N–H and O–H groups in total. The molecule has 23 heavy (non-hydrogen) atoms. The predicted molar refractivity (Wildman–Crippen MR) is 88.7 cm³/mol. The number of rotatable bonds is 4. The zero-order valence-corrected chi connectivity index (χ0v) is 13.9. The average molecular weight is 318 g/mol. The number of aliphatic hydroxyl groups excluding tert-OH is 2. The molecule has 2 aromatic rings. The Morgan fingerprint density at radius 3 is 2.35 bits per heavy atom. The third-order valence-electron chi connectivity index (χ3n) is 3.88. The Hall–Kier alpha value is -1.91. The van der Waals surface area contributed by atoms with Gasteiger partial charge in [-0.3, -0.25) is 0 Å². The van der Waals surface area contributed by atoms with Crippen LogP contribution in [0.25, 0.3) is 11.1 Å². The molecule has 2 rings (SSSR count). The van der Waals surface area contributed by atoms with Gasteiger partial charge in [-0.25, -0.2) is 4.39 Å². The fourth-order valence-corrected chi connectivity index (χ4v) is 2.49. The van der Waals surface area contributed by atoms with Crippen molar-refractivity contribution in [3.05, 3.63) is 53.3 Å². The summed E-state index contributed by atoms with van der Waals surface area (Å²) in [6.45, 7) is 5.60. The molecule has 3 nitrogen and oxygen atoms in total. The quantitative estimate of drug-likeness (QED) is 0.893. The lowest BCUT2D eigenvalue weighted by molar-refractivity contribution is 0.0630. The summed E-state index contributed by atoms with van der Waals surface area (Å²) in [5.41, 5.74) is 1.82. The van der Waals surface area contributed by atoms with Gasteiger partial charge in [0.2, 0.25) is 0 Å². The van der Waals surface area contributed by atoms with E-state index in [1.165, 1.54) is 13.2 Å². The van der Waals surface area contributed by atoms with Crippen molar-refractivity contribution in [1.29, 1.82) is 0 Å². The zero-order chi connectivity index (χ0) is 17.2. The first-order valence-corrected chi connectivity index (χ1v) is 7.53. The maximum absolute atomic E-state index is 14.3. The molecule has 0 aromatic heterocycles. The molecular weight excluding hydrogens is 295 g/mol. The summed E-state index contributed by atoms with van der Waals surface area (Å²) in [5.74, 6) is 0.161. The highest BCUT2D eigenvalue weighted by Gasteiger charge is 2.27. The highest BCUT2D eigenvalue weighted by atomic mass is 19.1. The SMILES string of the molecule is COc1ccc(F)c(-c2ccc(CO)cc2[C@@H](O)C(C)(C)C)c1. The Morgan fingerprint density at radius 2 is 1.78 bits per heavy atom. The van der Waals surface area contributed by atoms with E-state index in [4.69, 9.17) is 4.74 Å².